The fourth-order valence-electron chi connectivity index (χ4n) is 0.838. The van der Waals surface area contributed by atoms with Crippen molar-refractivity contribution in [2.24, 2.45) is 0 Å². The molecular formula is C8H16N2O2S. The Morgan fingerprint density at radius 1 is 1.46 bits per heavy atom. The molecule has 0 aromatic rings. The number of nitrogens with one attached hydrogen (secondary N) is 2. The second kappa shape index (κ2) is 6.77. The topological polar surface area (TPSA) is 58.2 Å². The van der Waals surface area contributed by atoms with E-state index >= 15 is 0 Å². The molecule has 0 saturated carbocycles. The lowest BCUT2D eigenvalue weighted by molar-refractivity contribution is -0.127. The lowest BCUT2D eigenvalue weighted by Crippen LogP contribution is -2.46. The predicted molar refractivity (Wildman–Crippen MR) is 54.7 cm³/mol. The van der Waals surface area contributed by atoms with Crippen molar-refractivity contribution in [1.82, 2.24) is 10.6 Å². The van der Waals surface area contributed by atoms with Crippen molar-refractivity contribution >= 4 is 23.6 Å². The summed E-state index contributed by atoms with van der Waals surface area (Å²) in [5.41, 5.74) is 0. The summed E-state index contributed by atoms with van der Waals surface area (Å²) in [6, 6.07) is -0.410. The van der Waals surface area contributed by atoms with Crippen molar-refractivity contribution in [3.8, 4) is 0 Å². The van der Waals surface area contributed by atoms with Crippen molar-refractivity contribution in [2.45, 2.75) is 19.9 Å². The van der Waals surface area contributed by atoms with Crippen molar-refractivity contribution in [3.63, 3.8) is 0 Å². The fraction of sp³-hybridized carbons (Fsp3) is 0.750. The third-order valence-electron chi connectivity index (χ3n) is 1.43. The Morgan fingerprint density at radius 2 is 2.08 bits per heavy atom. The zero-order valence-corrected chi connectivity index (χ0v) is 9.03. The van der Waals surface area contributed by atoms with E-state index in [1.54, 1.807) is 18.8 Å². The van der Waals surface area contributed by atoms with Crippen LogP contribution in [0.1, 0.15) is 13.8 Å². The number of thioether (sulfide) groups is 1. The van der Waals surface area contributed by atoms with E-state index in [-0.39, 0.29) is 11.8 Å². The first-order valence-corrected chi connectivity index (χ1v) is 5.33. The maximum atomic E-state index is 11.2. The minimum Gasteiger partial charge on any atom is -0.357 e. The van der Waals surface area contributed by atoms with Crippen molar-refractivity contribution < 1.29 is 9.59 Å². The van der Waals surface area contributed by atoms with E-state index in [2.05, 4.69) is 10.6 Å². The molecule has 0 aliphatic rings. The van der Waals surface area contributed by atoms with Crippen LogP contribution in [0.5, 0.6) is 0 Å². The van der Waals surface area contributed by atoms with Crippen LogP contribution < -0.4 is 10.6 Å². The quantitative estimate of drug-likeness (QED) is 0.662. The molecule has 0 spiro atoms. The van der Waals surface area contributed by atoms with Crippen molar-refractivity contribution in [3.05, 3.63) is 0 Å². The van der Waals surface area contributed by atoms with E-state index in [4.69, 9.17) is 0 Å². The van der Waals surface area contributed by atoms with Gasteiger partial charge in [-0.05, 0) is 5.75 Å². The molecule has 0 bridgehead atoms. The molecule has 0 radical (unpaired) electrons. The van der Waals surface area contributed by atoms with E-state index in [1.165, 1.54) is 6.92 Å². The molecule has 2 amide bonds. The molecular weight excluding hydrogens is 188 g/mol. The molecule has 0 saturated heterocycles. The summed E-state index contributed by atoms with van der Waals surface area (Å²) in [5.74, 6) is 1.24. The molecule has 0 aliphatic carbocycles. The zero-order valence-electron chi connectivity index (χ0n) is 8.22. The largest absolute Gasteiger partial charge is 0.357 e. The minimum absolute atomic E-state index is 0.142. The molecule has 0 fully saturated rings. The monoisotopic (exact) mass is 204 g/mol. The molecule has 0 aromatic carbocycles. The molecule has 0 heterocycles. The van der Waals surface area contributed by atoms with Gasteiger partial charge >= 0.3 is 0 Å². The van der Waals surface area contributed by atoms with Crippen LogP contribution in [-0.4, -0.2) is 36.4 Å². The van der Waals surface area contributed by atoms with Gasteiger partial charge in [0.25, 0.3) is 0 Å². The lowest BCUT2D eigenvalue weighted by Gasteiger charge is -2.15. The summed E-state index contributed by atoms with van der Waals surface area (Å²) >= 11 is 1.63. The van der Waals surface area contributed by atoms with Crippen LogP contribution in [0.4, 0.5) is 0 Å². The van der Waals surface area contributed by atoms with Gasteiger partial charge in [0.2, 0.25) is 11.8 Å². The smallest absolute Gasteiger partial charge is 0.243 e. The first-order valence-electron chi connectivity index (χ1n) is 4.18. The maximum Gasteiger partial charge on any atom is 0.243 e. The third-order valence-corrected chi connectivity index (χ3v) is 2.41. The number of likely N-dealkylation sites (N-methyl/N-ethyl adjacent to an activating group) is 1. The average molecular weight is 204 g/mol. The molecule has 0 aromatic heterocycles. The first-order chi connectivity index (χ1) is 6.11. The van der Waals surface area contributed by atoms with Crippen molar-refractivity contribution in [2.75, 3.05) is 18.6 Å². The van der Waals surface area contributed by atoms with Gasteiger partial charge in [0.1, 0.15) is 6.04 Å². The van der Waals surface area contributed by atoms with Crippen molar-refractivity contribution in [1.29, 1.82) is 0 Å². The molecule has 76 valence electrons. The minimum atomic E-state index is -0.410. The van der Waals surface area contributed by atoms with Crippen LogP contribution in [0.3, 0.4) is 0 Å². The summed E-state index contributed by atoms with van der Waals surface area (Å²) in [6.07, 6.45) is 0. The van der Waals surface area contributed by atoms with Gasteiger partial charge in [0.05, 0.1) is 0 Å². The van der Waals surface area contributed by atoms with Gasteiger partial charge in [-0.1, -0.05) is 6.92 Å². The Morgan fingerprint density at radius 3 is 2.46 bits per heavy atom. The summed E-state index contributed by atoms with van der Waals surface area (Å²) in [6.45, 7) is 3.42. The van der Waals surface area contributed by atoms with Gasteiger partial charge in [-0.25, -0.2) is 0 Å². The Labute approximate surface area is 82.8 Å². The van der Waals surface area contributed by atoms with E-state index < -0.39 is 6.04 Å². The van der Waals surface area contributed by atoms with E-state index in [9.17, 15) is 9.59 Å². The second-order valence-corrected chi connectivity index (χ2v) is 3.85. The predicted octanol–water partition coefficient (Wildman–Crippen LogP) is -0.00980. The van der Waals surface area contributed by atoms with E-state index in [1.807, 2.05) is 6.92 Å². The summed E-state index contributed by atoms with van der Waals surface area (Å²) in [7, 11) is 1.56. The average Bonchev–Trinajstić information content (AvgIpc) is 2.10. The highest BCUT2D eigenvalue weighted by molar-refractivity contribution is 7.99. The van der Waals surface area contributed by atoms with Crippen LogP contribution in [-0.2, 0) is 9.59 Å². The van der Waals surface area contributed by atoms with Gasteiger partial charge in [0.15, 0.2) is 0 Å². The van der Waals surface area contributed by atoms with Crippen LogP contribution in [0.25, 0.3) is 0 Å². The highest BCUT2D eigenvalue weighted by Crippen LogP contribution is 2.01. The van der Waals surface area contributed by atoms with E-state index in [0.717, 1.165) is 5.75 Å². The van der Waals surface area contributed by atoms with Gasteiger partial charge in [-0.2, -0.15) is 11.8 Å². The van der Waals surface area contributed by atoms with Gasteiger partial charge < -0.3 is 10.6 Å². The Hall–Kier alpha value is -0.710. The Bertz CT molecular complexity index is 185. The van der Waals surface area contributed by atoms with Crippen LogP contribution in [0.2, 0.25) is 0 Å². The zero-order chi connectivity index (χ0) is 10.3. The summed E-state index contributed by atoms with van der Waals surface area (Å²) in [4.78, 5) is 22.0. The number of hydrogen-bond acceptors (Lipinski definition) is 3. The van der Waals surface area contributed by atoms with Crippen LogP contribution in [0.15, 0.2) is 0 Å². The number of carbonyl (C=O) groups excluding carboxylic acids is 2. The number of amides is 2. The number of hydrogen-bond donors (Lipinski definition) is 2. The van der Waals surface area contributed by atoms with Gasteiger partial charge in [-0.3, -0.25) is 9.59 Å². The molecule has 4 nitrogen and oxygen atoms in total. The lowest BCUT2D eigenvalue weighted by atomic mass is 10.3. The number of rotatable bonds is 5. The summed E-state index contributed by atoms with van der Waals surface area (Å²) < 4.78 is 0. The third kappa shape index (κ3) is 5.52. The SMILES string of the molecule is CCSC[C@H](NC(C)=O)C(=O)NC. The summed E-state index contributed by atoms with van der Waals surface area (Å²) in [5, 5.41) is 5.11. The molecule has 0 rings (SSSR count). The maximum absolute atomic E-state index is 11.2. The molecule has 0 unspecified atom stereocenters. The molecule has 13 heavy (non-hydrogen) atoms. The molecule has 0 aliphatic heterocycles. The first kappa shape index (κ1) is 12.3. The highest BCUT2D eigenvalue weighted by atomic mass is 32.2. The van der Waals surface area contributed by atoms with E-state index in [0.29, 0.717) is 5.75 Å². The normalized spacial score (nSPS) is 11.9. The molecule has 2 N–H and O–H groups in total. The fourth-order valence-corrected chi connectivity index (χ4v) is 1.54. The Kier molecular flexibility index (Phi) is 6.40. The van der Waals surface area contributed by atoms with Gasteiger partial charge in [0, 0.05) is 19.7 Å². The highest BCUT2D eigenvalue weighted by Gasteiger charge is 2.16. The van der Waals surface area contributed by atoms with Gasteiger partial charge in [-0.15, -0.1) is 0 Å². The van der Waals surface area contributed by atoms with Crippen LogP contribution in [0, 0.1) is 0 Å². The molecule has 5 heteroatoms. The molecule has 1 atom stereocenters. The Balaban J connectivity index is 4.02. The second-order valence-electron chi connectivity index (χ2n) is 2.53. The number of carbonyl (C=O) groups is 2. The standard InChI is InChI=1S/C8H16N2O2S/c1-4-13-5-7(8(12)9-3)10-6(2)11/h7H,4-5H2,1-3H3,(H,9,12)(H,10,11)/t7-/m0/s1. The van der Waals surface area contributed by atoms with Crippen LogP contribution >= 0.6 is 11.8 Å².